The van der Waals surface area contributed by atoms with E-state index in [0.29, 0.717) is 17.7 Å². The maximum Gasteiger partial charge on any atom is 0.226 e. The van der Waals surface area contributed by atoms with Gasteiger partial charge in [-0.2, -0.15) is 0 Å². The predicted molar refractivity (Wildman–Crippen MR) is 111 cm³/mol. The molecule has 148 valence electrons. The van der Waals surface area contributed by atoms with E-state index in [1.807, 2.05) is 12.3 Å². The van der Waals surface area contributed by atoms with E-state index in [4.69, 9.17) is 4.98 Å². The van der Waals surface area contributed by atoms with Crippen LogP contribution in [0.25, 0.3) is 5.82 Å². The number of amides is 1. The molecule has 5 heteroatoms. The maximum atomic E-state index is 13.0. The minimum atomic E-state index is -0.151. The number of carbonyl (C=O) groups excluding carboxylic acids is 1. The molecule has 5 rings (SSSR count). The van der Waals surface area contributed by atoms with Gasteiger partial charge in [0.25, 0.3) is 0 Å². The van der Waals surface area contributed by atoms with E-state index in [-0.39, 0.29) is 11.5 Å². The highest BCUT2D eigenvalue weighted by Gasteiger charge is 2.52. The summed E-state index contributed by atoms with van der Waals surface area (Å²) in [6.45, 7) is 9.37. The lowest BCUT2D eigenvalue weighted by atomic mass is 9.88. The monoisotopic (exact) mass is 378 g/mol. The Balaban J connectivity index is 1.56. The second kappa shape index (κ2) is 6.36. The second-order valence-corrected chi connectivity index (χ2v) is 9.30. The lowest BCUT2D eigenvalue weighted by Crippen LogP contribution is -2.53. The summed E-state index contributed by atoms with van der Waals surface area (Å²) in [5.41, 5.74) is 2.32. The number of anilines is 1. The van der Waals surface area contributed by atoms with Gasteiger partial charge < -0.3 is 14.4 Å². The van der Waals surface area contributed by atoms with Crippen molar-refractivity contribution in [1.82, 2.24) is 14.5 Å². The van der Waals surface area contributed by atoms with Crippen molar-refractivity contribution in [2.75, 3.05) is 24.5 Å². The Morgan fingerprint density at radius 1 is 1.32 bits per heavy atom. The molecule has 2 aromatic rings. The summed E-state index contributed by atoms with van der Waals surface area (Å²) >= 11 is 0. The van der Waals surface area contributed by atoms with Crippen molar-refractivity contribution < 1.29 is 4.79 Å². The minimum absolute atomic E-state index is 0.151. The van der Waals surface area contributed by atoms with Crippen molar-refractivity contribution >= 4 is 11.6 Å². The summed E-state index contributed by atoms with van der Waals surface area (Å²) in [6.07, 6.45) is 7.17. The Labute approximate surface area is 167 Å². The molecule has 0 bridgehead atoms. The van der Waals surface area contributed by atoms with Crippen LogP contribution < -0.4 is 4.90 Å². The lowest BCUT2D eigenvalue weighted by molar-refractivity contribution is -0.132. The Bertz CT molecular complexity index is 904. The summed E-state index contributed by atoms with van der Waals surface area (Å²) in [5.74, 6) is 2.82. The number of likely N-dealkylation sites (tertiary alicyclic amines) is 1. The SMILES string of the molecule is CC(C)CCN1c2cccnc2-n2cccc2C12CCN(C(=O)C1CC1C)C2. The van der Waals surface area contributed by atoms with Gasteiger partial charge in [0.1, 0.15) is 5.54 Å². The van der Waals surface area contributed by atoms with Crippen LogP contribution in [-0.4, -0.2) is 40.0 Å². The molecule has 1 saturated heterocycles. The number of rotatable bonds is 4. The van der Waals surface area contributed by atoms with Crippen LogP contribution >= 0.6 is 0 Å². The fourth-order valence-corrected chi connectivity index (χ4v) is 5.13. The van der Waals surface area contributed by atoms with Crippen LogP contribution in [0.3, 0.4) is 0 Å². The zero-order valence-electron chi connectivity index (χ0n) is 17.1. The molecule has 2 aliphatic heterocycles. The Kier molecular flexibility index (Phi) is 4.04. The largest absolute Gasteiger partial charge is 0.355 e. The van der Waals surface area contributed by atoms with Crippen molar-refractivity contribution in [1.29, 1.82) is 0 Å². The maximum absolute atomic E-state index is 13.0. The quantitative estimate of drug-likeness (QED) is 0.812. The van der Waals surface area contributed by atoms with Crippen LogP contribution in [0.2, 0.25) is 0 Å². The molecule has 3 aliphatic rings. The van der Waals surface area contributed by atoms with Crippen molar-refractivity contribution in [3.8, 4) is 5.82 Å². The van der Waals surface area contributed by atoms with Crippen molar-refractivity contribution in [3.05, 3.63) is 42.4 Å². The summed E-state index contributed by atoms with van der Waals surface area (Å²) in [6, 6.07) is 8.58. The molecule has 4 heterocycles. The predicted octanol–water partition coefficient (Wildman–Crippen LogP) is 3.82. The van der Waals surface area contributed by atoms with E-state index in [1.54, 1.807) is 0 Å². The molecule has 0 N–H and O–H groups in total. The van der Waals surface area contributed by atoms with Crippen LogP contribution in [-0.2, 0) is 10.3 Å². The van der Waals surface area contributed by atoms with Gasteiger partial charge in [-0.1, -0.05) is 20.8 Å². The topological polar surface area (TPSA) is 41.4 Å². The molecule has 0 radical (unpaired) electrons. The van der Waals surface area contributed by atoms with E-state index < -0.39 is 0 Å². The lowest BCUT2D eigenvalue weighted by Gasteiger charge is -2.47. The van der Waals surface area contributed by atoms with Crippen LogP contribution in [0.1, 0.15) is 45.7 Å². The molecule has 1 aliphatic carbocycles. The van der Waals surface area contributed by atoms with Gasteiger partial charge in [-0.05, 0) is 55.4 Å². The van der Waals surface area contributed by atoms with Crippen molar-refractivity contribution in [3.63, 3.8) is 0 Å². The summed E-state index contributed by atoms with van der Waals surface area (Å²) in [7, 11) is 0. The van der Waals surface area contributed by atoms with E-state index in [0.717, 1.165) is 44.7 Å². The first-order valence-electron chi connectivity index (χ1n) is 10.7. The summed E-state index contributed by atoms with van der Waals surface area (Å²) in [4.78, 5) is 22.4. The fourth-order valence-electron chi connectivity index (χ4n) is 5.13. The molecule has 1 spiro atoms. The molecule has 1 saturated carbocycles. The fraction of sp³-hybridized carbons (Fsp3) is 0.565. The van der Waals surface area contributed by atoms with Gasteiger partial charge in [0.05, 0.1) is 11.4 Å². The number of hydrogen-bond acceptors (Lipinski definition) is 3. The molecule has 2 fully saturated rings. The molecular weight excluding hydrogens is 348 g/mol. The summed E-state index contributed by atoms with van der Waals surface area (Å²) in [5, 5.41) is 0. The highest BCUT2D eigenvalue weighted by Crippen LogP contribution is 2.48. The van der Waals surface area contributed by atoms with Gasteiger partial charge in [-0.25, -0.2) is 4.98 Å². The van der Waals surface area contributed by atoms with Crippen LogP contribution in [0.4, 0.5) is 5.69 Å². The standard InChI is InChI=1S/C23H30N4O/c1-16(2)8-12-27-19-6-4-10-24-21(19)26-11-5-7-20(26)23(27)9-13-25(15-23)22(28)18-14-17(18)3/h4-7,10-11,16-18H,8-9,12-15H2,1-3H3. The summed E-state index contributed by atoms with van der Waals surface area (Å²) < 4.78 is 2.24. The number of hydrogen-bond donors (Lipinski definition) is 0. The Morgan fingerprint density at radius 2 is 2.14 bits per heavy atom. The first kappa shape index (κ1) is 17.8. The van der Waals surface area contributed by atoms with Gasteiger partial charge in [0, 0.05) is 37.9 Å². The number of aromatic nitrogens is 2. The minimum Gasteiger partial charge on any atom is -0.355 e. The van der Waals surface area contributed by atoms with Crippen molar-refractivity contribution in [2.24, 2.45) is 17.8 Å². The molecule has 5 nitrogen and oxygen atoms in total. The van der Waals surface area contributed by atoms with Gasteiger partial charge in [-0.3, -0.25) is 4.79 Å². The van der Waals surface area contributed by atoms with E-state index in [1.165, 1.54) is 11.4 Å². The number of pyridine rings is 1. The van der Waals surface area contributed by atoms with Gasteiger partial charge >= 0.3 is 0 Å². The molecule has 28 heavy (non-hydrogen) atoms. The molecule has 1 amide bonds. The number of nitrogens with zero attached hydrogens (tertiary/aromatic N) is 4. The number of fused-ring (bicyclic) bond motifs is 4. The average Bonchev–Trinajstić information content (AvgIpc) is 3.09. The van der Waals surface area contributed by atoms with E-state index >= 15 is 0 Å². The molecule has 2 aromatic heterocycles. The normalized spacial score (nSPS) is 28.0. The third-order valence-electron chi connectivity index (χ3n) is 6.94. The zero-order valence-corrected chi connectivity index (χ0v) is 17.1. The molecule has 3 atom stereocenters. The second-order valence-electron chi connectivity index (χ2n) is 9.30. The van der Waals surface area contributed by atoms with E-state index in [2.05, 4.69) is 59.5 Å². The highest BCUT2D eigenvalue weighted by atomic mass is 16.2. The average molecular weight is 379 g/mol. The smallest absolute Gasteiger partial charge is 0.226 e. The van der Waals surface area contributed by atoms with Crippen LogP contribution in [0, 0.1) is 17.8 Å². The van der Waals surface area contributed by atoms with Crippen LogP contribution in [0.15, 0.2) is 36.7 Å². The van der Waals surface area contributed by atoms with Crippen molar-refractivity contribution in [2.45, 2.75) is 45.6 Å². The van der Waals surface area contributed by atoms with Gasteiger partial charge in [-0.15, -0.1) is 0 Å². The molecular formula is C23H30N4O. The third-order valence-corrected chi connectivity index (χ3v) is 6.94. The van der Waals surface area contributed by atoms with Gasteiger partial charge in [0.2, 0.25) is 5.91 Å². The Morgan fingerprint density at radius 3 is 2.89 bits per heavy atom. The first-order chi connectivity index (χ1) is 13.5. The van der Waals surface area contributed by atoms with E-state index in [9.17, 15) is 4.79 Å². The number of carbonyl (C=O) groups is 1. The highest BCUT2D eigenvalue weighted by molar-refractivity contribution is 5.82. The third kappa shape index (κ3) is 2.59. The molecule has 0 aromatic carbocycles. The van der Waals surface area contributed by atoms with Gasteiger partial charge in [0.15, 0.2) is 5.82 Å². The Hall–Kier alpha value is -2.30. The molecule has 3 unspecified atom stereocenters. The zero-order chi connectivity index (χ0) is 19.5. The van der Waals surface area contributed by atoms with Crippen LogP contribution in [0.5, 0.6) is 0 Å². The first-order valence-corrected chi connectivity index (χ1v) is 10.7.